The van der Waals surface area contributed by atoms with E-state index in [1.54, 1.807) is 36.4 Å². The lowest BCUT2D eigenvalue weighted by atomic mass is 10.1. The van der Waals surface area contributed by atoms with E-state index >= 15 is 0 Å². The standard InChI is InChI=1S/C27H16F3N5O2S/c28-27(29,30)17-7-5-6-16(14-17)24-32-20-9-2-1-8-19(20)25(36)35(24)31-15-18-12-13-23(37-18)38-26-33-21-10-3-4-11-22(21)34-26/h1-15H,(H,33,34). The minimum absolute atomic E-state index is 0.0283. The predicted octanol–water partition coefficient (Wildman–Crippen LogP) is 6.59. The summed E-state index contributed by atoms with van der Waals surface area (Å²) in [5, 5.41) is 5.72. The van der Waals surface area contributed by atoms with Gasteiger partial charge in [0.1, 0.15) is 5.76 Å². The summed E-state index contributed by atoms with van der Waals surface area (Å²) in [6.45, 7) is 0. The fraction of sp³-hybridized carbons (Fsp3) is 0.0370. The maximum Gasteiger partial charge on any atom is 0.416 e. The zero-order valence-electron chi connectivity index (χ0n) is 19.3. The number of para-hydroxylation sites is 3. The normalized spacial score (nSPS) is 12.2. The second-order valence-corrected chi connectivity index (χ2v) is 9.20. The van der Waals surface area contributed by atoms with Crippen LogP contribution in [0, 0.1) is 0 Å². The number of nitrogens with one attached hydrogen (secondary N) is 1. The van der Waals surface area contributed by atoms with Gasteiger partial charge in [-0.15, -0.1) is 0 Å². The zero-order valence-corrected chi connectivity index (χ0v) is 20.1. The van der Waals surface area contributed by atoms with Crippen LogP contribution in [0.4, 0.5) is 13.2 Å². The number of hydrogen-bond acceptors (Lipinski definition) is 6. The first-order valence-corrected chi connectivity index (χ1v) is 12.1. The molecule has 11 heteroatoms. The average Bonchev–Trinajstić information content (AvgIpc) is 3.54. The van der Waals surface area contributed by atoms with Crippen LogP contribution in [0.2, 0.25) is 0 Å². The number of rotatable bonds is 5. The van der Waals surface area contributed by atoms with E-state index in [0.29, 0.717) is 21.5 Å². The van der Waals surface area contributed by atoms with E-state index in [1.807, 2.05) is 24.3 Å². The van der Waals surface area contributed by atoms with Gasteiger partial charge < -0.3 is 9.40 Å². The molecule has 6 aromatic rings. The molecule has 0 amide bonds. The van der Waals surface area contributed by atoms with Crippen LogP contribution in [-0.4, -0.2) is 25.8 Å². The molecule has 0 atom stereocenters. The van der Waals surface area contributed by atoms with E-state index < -0.39 is 17.3 Å². The Kier molecular flexibility index (Phi) is 5.84. The van der Waals surface area contributed by atoms with Gasteiger partial charge in [0.15, 0.2) is 16.1 Å². The van der Waals surface area contributed by atoms with Gasteiger partial charge in [-0.3, -0.25) is 4.79 Å². The van der Waals surface area contributed by atoms with Crippen molar-refractivity contribution in [3.8, 4) is 11.4 Å². The van der Waals surface area contributed by atoms with E-state index in [-0.39, 0.29) is 16.8 Å². The van der Waals surface area contributed by atoms with Crippen molar-refractivity contribution in [2.75, 3.05) is 0 Å². The summed E-state index contributed by atoms with van der Waals surface area (Å²) < 4.78 is 46.9. The molecule has 3 aromatic heterocycles. The summed E-state index contributed by atoms with van der Waals surface area (Å²) in [6.07, 6.45) is -3.24. The van der Waals surface area contributed by atoms with Gasteiger partial charge in [0.2, 0.25) is 0 Å². The largest absolute Gasteiger partial charge is 0.448 e. The van der Waals surface area contributed by atoms with Gasteiger partial charge in [-0.2, -0.15) is 22.9 Å². The van der Waals surface area contributed by atoms with Crippen LogP contribution in [0.3, 0.4) is 0 Å². The average molecular weight is 532 g/mol. The summed E-state index contributed by atoms with van der Waals surface area (Å²) in [5.74, 6) is 0.304. The second-order valence-electron chi connectivity index (χ2n) is 8.21. The molecule has 0 aliphatic carbocycles. The molecule has 0 saturated heterocycles. The highest BCUT2D eigenvalue weighted by atomic mass is 32.2. The van der Waals surface area contributed by atoms with Crippen LogP contribution in [0.25, 0.3) is 33.3 Å². The first-order valence-electron chi connectivity index (χ1n) is 11.3. The van der Waals surface area contributed by atoms with Crippen LogP contribution >= 0.6 is 11.8 Å². The number of nitrogens with zero attached hydrogens (tertiary/aromatic N) is 4. The summed E-state index contributed by atoms with van der Waals surface area (Å²) >= 11 is 1.28. The number of halogens is 3. The van der Waals surface area contributed by atoms with Crippen molar-refractivity contribution < 1.29 is 17.6 Å². The lowest BCUT2D eigenvalue weighted by molar-refractivity contribution is -0.137. The quantitative estimate of drug-likeness (QED) is 0.254. The molecule has 188 valence electrons. The van der Waals surface area contributed by atoms with Crippen LogP contribution in [0.15, 0.2) is 109 Å². The Bertz CT molecular complexity index is 1850. The number of hydrogen-bond donors (Lipinski definition) is 1. The van der Waals surface area contributed by atoms with Gasteiger partial charge in [0, 0.05) is 5.56 Å². The number of H-pyrrole nitrogens is 1. The fourth-order valence-electron chi connectivity index (χ4n) is 3.90. The predicted molar refractivity (Wildman–Crippen MR) is 138 cm³/mol. The summed E-state index contributed by atoms with van der Waals surface area (Å²) in [5.41, 5.74) is 0.787. The lowest BCUT2D eigenvalue weighted by Crippen LogP contribution is -2.20. The zero-order chi connectivity index (χ0) is 26.3. The number of aromatic nitrogens is 4. The molecule has 0 fully saturated rings. The Morgan fingerprint density at radius 2 is 1.71 bits per heavy atom. The van der Waals surface area contributed by atoms with Crippen molar-refractivity contribution in [3.05, 3.63) is 107 Å². The first kappa shape index (κ1) is 23.7. The van der Waals surface area contributed by atoms with Crippen molar-refractivity contribution in [2.24, 2.45) is 5.10 Å². The van der Waals surface area contributed by atoms with Crippen molar-refractivity contribution in [3.63, 3.8) is 0 Å². The molecular formula is C27H16F3N5O2S. The SMILES string of the molecule is O=c1c2ccccc2nc(-c2cccc(C(F)(F)F)c2)n1N=Cc1ccc(Sc2nc3ccccc3[nH]2)o1. The summed E-state index contributed by atoms with van der Waals surface area (Å²) in [4.78, 5) is 25.5. The molecule has 0 bridgehead atoms. The monoisotopic (exact) mass is 531 g/mol. The molecule has 0 unspecified atom stereocenters. The number of imidazole rings is 1. The van der Waals surface area contributed by atoms with Crippen LogP contribution in [0.5, 0.6) is 0 Å². The van der Waals surface area contributed by atoms with Gasteiger partial charge in [0.25, 0.3) is 5.56 Å². The summed E-state index contributed by atoms with van der Waals surface area (Å²) in [7, 11) is 0. The van der Waals surface area contributed by atoms with Crippen LogP contribution in [0.1, 0.15) is 11.3 Å². The minimum atomic E-state index is -4.55. The number of alkyl halides is 3. The Hall–Kier alpha value is -4.64. The van der Waals surface area contributed by atoms with Crippen molar-refractivity contribution in [1.29, 1.82) is 0 Å². The Morgan fingerprint density at radius 3 is 2.53 bits per heavy atom. The molecule has 0 spiro atoms. The van der Waals surface area contributed by atoms with E-state index in [2.05, 4.69) is 20.1 Å². The van der Waals surface area contributed by atoms with Gasteiger partial charge >= 0.3 is 6.18 Å². The molecule has 38 heavy (non-hydrogen) atoms. The van der Waals surface area contributed by atoms with Crippen molar-refractivity contribution >= 4 is 39.9 Å². The molecule has 1 N–H and O–H groups in total. The van der Waals surface area contributed by atoms with E-state index in [9.17, 15) is 18.0 Å². The lowest BCUT2D eigenvalue weighted by Gasteiger charge is -2.11. The molecule has 3 aromatic carbocycles. The van der Waals surface area contributed by atoms with Crippen molar-refractivity contribution in [2.45, 2.75) is 16.4 Å². The highest BCUT2D eigenvalue weighted by Crippen LogP contribution is 2.32. The Labute approximate surface area is 216 Å². The molecular weight excluding hydrogens is 515 g/mol. The molecule has 7 nitrogen and oxygen atoms in total. The second kappa shape index (κ2) is 9.34. The number of fused-ring (bicyclic) bond motifs is 2. The van der Waals surface area contributed by atoms with E-state index in [0.717, 1.165) is 27.8 Å². The third-order valence-electron chi connectivity index (χ3n) is 5.67. The molecule has 0 aliphatic heterocycles. The van der Waals surface area contributed by atoms with E-state index in [1.165, 1.54) is 30.1 Å². The van der Waals surface area contributed by atoms with Crippen LogP contribution < -0.4 is 5.56 Å². The number of benzene rings is 3. The highest BCUT2D eigenvalue weighted by molar-refractivity contribution is 7.99. The fourth-order valence-corrected chi connectivity index (χ4v) is 4.67. The van der Waals surface area contributed by atoms with Crippen LogP contribution in [-0.2, 0) is 6.18 Å². The van der Waals surface area contributed by atoms with Crippen molar-refractivity contribution in [1.82, 2.24) is 19.6 Å². The van der Waals surface area contributed by atoms with Gasteiger partial charge in [-0.25, -0.2) is 9.97 Å². The number of aromatic amines is 1. The topological polar surface area (TPSA) is 89.1 Å². The third kappa shape index (κ3) is 4.59. The maximum atomic E-state index is 13.4. The molecule has 3 heterocycles. The summed E-state index contributed by atoms with van der Waals surface area (Å²) in [6, 6.07) is 22.2. The van der Waals surface area contributed by atoms with Gasteiger partial charge in [0.05, 0.1) is 33.7 Å². The maximum absolute atomic E-state index is 13.4. The third-order valence-corrected chi connectivity index (χ3v) is 6.48. The smallest absolute Gasteiger partial charge is 0.416 e. The first-order chi connectivity index (χ1) is 18.3. The highest BCUT2D eigenvalue weighted by Gasteiger charge is 2.31. The Balaban J connectivity index is 1.37. The van der Waals surface area contributed by atoms with E-state index in [4.69, 9.17) is 4.42 Å². The molecule has 0 radical (unpaired) electrons. The number of furan rings is 1. The van der Waals surface area contributed by atoms with Gasteiger partial charge in [-0.05, 0) is 60.3 Å². The van der Waals surface area contributed by atoms with Gasteiger partial charge in [-0.1, -0.05) is 36.4 Å². The molecule has 6 rings (SSSR count). The molecule has 0 aliphatic rings. The Morgan fingerprint density at radius 1 is 0.921 bits per heavy atom. The minimum Gasteiger partial charge on any atom is -0.448 e. The molecule has 0 saturated carbocycles.